The molecule has 1 unspecified atom stereocenters. The first-order chi connectivity index (χ1) is 19.1. The van der Waals surface area contributed by atoms with Crippen molar-refractivity contribution in [3.8, 4) is 0 Å². The fourth-order valence-electron chi connectivity index (χ4n) is 8.55. The van der Waals surface area contributed by atoms with Crippen LogP contribution in [0, 0.1) is 11.8 Å². The predicted molar refractivity (Wildman–Crippen MR) is 161 cm³/mol. The lowest BCUT2D eigenvalue weighted by atomic mass is 9.70. The third-order valence-electron chi connectivity index (χ3n) is 10.4. The number of rotatable bonds is 5. The lowest BCUT2D eigenvalue weighted by molar-refractivity contribution is -0.985. The molecule has 3 heteroatoms. The van der Waals surface area contributed by atoms with Gasteiger partial charge in [-0.2, -0.15) is 0 Å². The summed E-state index contributed by atoms with van der Waals surface area (Å²) in [6, 6.07) is 31.0. The van der Waals surface area contributed by atoms with Gasteiger partial charge >= 0.3 is 0 Å². The minimum Gasteiger partial charge on any atom is -0.382 e. The van der Waals surface area contributed by atoms with Gasteiger partial charge in [0, 0.05) is 35.9 Å². The number of aliphatic hydroxyl groups is 1. The summed E-state index contributed by atoms with van der Waals surface area (Å²) in [5.74, 6) is 1.44. The van der Waals surface area contributed by atoms with Gasteiger partial charge in [0.05, 0.1) is 18.6 Å². The first-order valence-electron chi connectivity index (χ1n) is 14.7. The van der Waals surface area contributed by atoms with Gasteiger partial charge in [-0.15, -0.1) is 0 Å². The Kier molecular flexibility index (Phi) is 5.24. The Morgan fingerprint density at radius 3 is 2.51 bits per heavy atom. The van der Waals surface area contributed by atoms with Gasteiger partial charge in [0.1, 0.15) is 18.7 Å². The highest BCUT2D eigenvalue weighted by Gasteiger charge is 2.54. The molecule has 5 aromatic carbocycles. The van der Waals surface area contributed by atoms with Crippen molar-refractivity contribution in [2.45, 2.75) is 44.9 Å². The van der Waals surface area contributed by atoms with Crippen molar-refractivity contribution in [3.63, 3.8) is 0 Å². The van der Waals surface area contributed by atoms with Crippen molar-refractivity contribution in [1.82, 2.24) is 4.98 Å². The molecule has 0 aliphatic carbocycles. The molecule has 0 spiro atoms. The Morgan fingerprint density at radius 2 is 1.64 bits per heavy atom. The van der Waals surface area contributed by atoms with Gasteiger partial charge < -0.3 is 9.59 Å². The van der Waals surface area contributed by atoms with Gasteiger partial charge in [0.25, 0.3) is 0 Å². The number of aliphatic hydroxyl groups excluding tert-OH is 1. The number of pyridine rings is 1. The van der Waals surface area contributed by atoms with Crippen LogP contribution in [0.15, 0.2) is 91.1 Å². The van der Waals surface area contributed by atoms with E-state index in [0.29, 0.717) is 5.92 Å². The molecular formula is C36H35N2O+. The lowest BCUT2D eigenvalue weighted by Crippen LogP contribution is -2.67. The lowest BCUT2D eigenvalue weighted by Gasteiger charge is -2.58. The fourth-order valence-corrected chi connectivity index (χ4v) is 8.55. The van der Waals surface area contributed by atoms with Crippen LogP contribution in [0.2, 0.25) is 0 Å². The van der Waals surface area contributed by atoms with E-state index in [1.807, 2.05) is 12.3 Å². The van der Waals surface area contributed by atoms with Crippen molar-refractivity contribution in [2.75, 3.05) is 13.1 Å². The molecule has 3 fully saturated rings. The summed E-state index contributed by atoms with van der Waals surface area (Å²) in [4.78, 5) is 4.59. The van der Waals surface area contributed by atoms with Crippen LogP contribution in [0.25, 0.3) is 43.2 Å². The van der Waals surface area contributed by atoms with Gasteiger partial charge in [0.15, 0.2) is 0 Å². The van der Waals surface area contributed by atoms with Crippen LogP contribution in [0.3, 0.4) is 0 Å². The largest absolute Gasteiger partial charge is 0.382 e. The molecule has 194 valence electrons. The van der Waals surface area contributed by atoms with E-state index in [0.717, 1.165) is 52.9 Å². The zero-order valence-corrected chi connectivity index (χ0v) is 22.6. The molecule has 2 bridgehead atoms. The molecule has 0 radical (unpaired) electrons. The number of fused-ring (bicyclic) bond motifs is 4. The molecule has 9 rings (SSSR count). The molecule has 5 atom stereocenters. The molecule has 39 heavy (non-hydrogen) atoms. The molecule has 6 aromatic rings. The third-order valence-corrected chi connectivity index (χ3v) is 10.4. The number of benzene rings is 5. The maximum absolute atomic E-state index is 12.2. The van der Waals surface area contributed by atoms with E-state index in [2.05, 4.69) is 90.8 Å². The number of para-hydroxylation sites is 1. The predicted octanol–water partition coefficient (Wildman–Crippen LogP) is 8.00. The summed E-state index contributed by atoms with van der Waals surface area (Å²) in [5, 5.41) is 21.4. The Balaban J connectivity index is 1.29. The quantitative estimate of drug-likeness (QED) is 0.188. The fraction of sp³-hybridized carbons (Fsp3) is 0.306. The van der Waals surface area contributed by atoms with Crippen molar-refractivity contribution in [2.24, 2.45) is 11.8 Å². The molecule has 3 aliphatic heterocycles. The number of aromatic nitrogens is 1. The molecule has 0 amide bonds. The Labute approximate surface area is 229 Å². The van der Waals surface area contributed by atoms with Crippen molar-refractivity contribution < 1.29 is 9.59 Å². The summed E-state index contributed by atoms with van der Waals surface area (Å²) in [6.45, 7) is 5.64. The summed E-state index contributed by atoms with van der Waals surface area (Å²) < 4.78 is 0.979. The highest BCUT2D eigenvalue weighted by molar-refractivity contribution is 6.23. The van der Waals surface area contributed by atoms with Gasteiger partial charge in [-0.3, -0.25) is 4.98 Å². The van der Waals surface area contributed by atoms with Crippen LogP contribution < -0.4 is 0 Å². The smallest absolute Gasteiger partial charge is 0.131 e. The number of quaternary nitrogens is 1. The highest BCUT2D eigenvalue weighted by atomic mass is 16.3. The topological polar surface area (TPSA) is 33.1 Å². The van der Waals surface area contributed by atoms with Crippen molar-refractivity contribution >= 4 is 43.2 Å². The molecule has 3 aliphatic rings. The molecular weight excluding hydrogens is 476 g/mol. The van der Waals surface area contributed by atoms with Gasteiger partial charge in [-0.25, -0.2) is 0 Å². The molecule has 3 saturated heterocycles. The van der Waals surface area contributed by atoms with E-state index in [4.69, 9.17) is 0 Å². The monoisotopic (exact) mass is 511 g/mol. The maximum atomic E-state index is 12.2. The van der Waals surface area contributed by atoms with E-state index < -0.39 is 6.10 Å². The molecule has 1 aromatic heterocycles. The standard InChI is InChI=1S/C36H35N2O/c1-2-23-21-38(18-16-26(23)20-33(38)36(39)31-15-17-37-32-12-4-3-10-30(31)32)22-28-19-27-9-5-7-24-13-14-25-8-6-11-29(28)35(25)34(24)27/h3-15,17,19,23,26,33,36,39H,2,16,18,20-22H2,1H3/q+1/t23-,26-,33-,36-,38?/m0/s1. The summed E-state index contributed by atoms with van der Waals surface area (Å²) in [6.07, 6.45) is 4.96. The second-order valence-corrected chi connectivity index (χ2v) is 12.2. The zero-order chi connectivity index (χ0) is 26.1. The second kappa shape index (κ2) is 8.74. The van der Waals surface area contributed by atoms with Gasteiger partial charge in [-0.1, -0.05) is 73.7 Å². The van der Waals surface area contributed by atoms with Crippen LogP contribution in [0.5, 0.6) is 0 Å². The van der Waals surface area contributed by atoms with E-state index >= 15 is 0 Å². The number of piperidine rings is 3. The summed E-state index contributed by atoms with van der Waals surface area (Å²) in [7, 11) is 0. The second-order valence-electron chi connectivity index (χ2n) is 12.2. The van der Waals surface area contributed by atoms with Crippen LogP contribution in [0.1, 0.15) is 43.4 Å². The summed E-state index contributed by atoms with van der Waals surface area (Å²) >= 11 is 0. The Bertz CT molecular complexity index is 1840. The highest BCUT2D eigenvalue weighted by Crippen LogP contribution is 2.49. The van der Waals surface area contributed by atoms with Gasteiger partial charge in [0.2, 0.25) is 0 Å². The normalized spacial score (nSPS) is 25.7. The van der Waals surface area contributed by atoms with Crippen molar-refractivity contribution in [3.05, 3.63) is 102 Å². The van der Waals surface area contributed by atoms with Gasteiger partial charge in [-0.05, 0) is 68.4 Å². The zero-order valence-electron chi connectivity index (χ0n) is 22.6. The molecule has 4 heterocycles. The van der Waals surface area contributed by atoms with Crippen molar-refractivity contribution in [1.29, 1.82) is 0 Å². The average Bonchev–Trinajstić information content (AvgIpc) is 2.99. The summed E-state index contributed by atoms with van der Waals surface area (Å²) in [5.41, 5.74) is 3.44. The first-order valence-corrected chi connectivity index (χ1v) is 14.7. The number of hydrogen-bond acceptors (Lipinski definition) is 2. The minimum atomic E-state index is -0.505. The first kappa shape index (κ1) is 23.4. The van der Waals surface area contributed by atoms with E-state index in [-0.39, 0.29) is 6.04 Å². The van der Waals surface area contributed by atoms with E-state index in [9.17, 15) is 5.11 Å². The number of hydrogen-bond donors (Lipinski definition) is 1. The SMILES string of the molecule is CC[C@H]1C[N+]2(Cc3cc4cccc5ccc6cccc3c6c54)CC[C@H]1C[C@H]2[C@@H](O)c1ccnc2ccccc12. The Morgan fingerprint density at radius 1 is 0.872 bits per heavy atom. The third kappa shape index (κ3) is 3.46. The number of nitrogens with zero attached hydrogens (tertiary/aromatic N) is 2. The molecule has 0 saturated carbocycles. The van der Waals surface area contributed by atoms with E-state index in [1.165, 1.54) is 50.7 Å². The average molecular weight is 512 g/mol. The maximum Gasteiger partial charge on any atom is 0.131 e. The molecule has 3 nitrogen and oxygen atoms in total. The van der Waals surface area contributed by atoms with Crippen LogP contribution >= 0.6 is 0 Å². The van der Waals surface area contributed by atoms with Crippen LogP contribution in [-0.4, -0.2) is 33.7 Å². The Hall–Kier alpha value is -3.53. The minimum absolute atomic E-state index is 0.186. The van der Waals surface area contributed by atoms with E-state index in [1.54, 1.807) is 0 Å². The van der Waals surface area contributed by atoms with Crippen LogP contribution in [0.4, 0.5) is 0 Å². The van der Waals surface area contributed by atoms with Crippen LogP contribution in [-0.2, 0) is 6.54 Å². The molecule has 1 N–H and O–H groups in total.